The second kappa shape index (κ2) is 12.3. The van der Waals surface area contributed by atoms with Crippen molar-refractivity contribution in [3.8, 4) is 5.75 Å². The minimum atomic E-state index is -0.637. The van der Waals surface area contributed by atoms with E-state index in [0.29, 0.717) is 33.0 Å². The molecule has 41 heavy (non-hydrogen) atoms. The van der Waals surface area contributed by atoms with Gasteiger partial charge in [-0.05, 0) is 56.9 Å². The van der Waals surface area contributed by atoms with Crippen LogP contribution in [-0.2, 0) is 30.4 Å². The molecule has 0 bridgehead atoms. The molecule has 3 aliphatic heterocycles. The molecule has 1 spiro atoms. The number of hydrogen-bond donors (Lipinski definition) is 0. The summed E-state index contributed by atoms with van der Waals surface area (Å²) >= 11 is 0. The summed E-state index contributed by atoms with van der Waals surface area (Å²) in [4.78, 5) is 6.85. The third-order valence-corrected chi connectivity index (χ3v) is 8.98. The van der Waals surface area contributed by atoms with Crippen LogP contribution in [0.2, 0.25) is 0 Å². The maximum Gasteiger partial charge on any atom is 0.172 e. The summed E-state index contributed by atoms with van der Waals surface area (Å²) in [6.45, 7) is 17.1. The molecule has 3 saturated heterocycles. The predicted octanol–water partition coefficient (Wildman–Crippen LogP) is 6.86. The van der Waals surface area contributed by atoms with Crippen LogP contribution in [0.3, 0.4) is 0 Å². The fourth-order valence-corrected chi connectivity index (χ4v) is 6.43. The lowest BCUT2D eigenvalue weighted by molar-refractivity contribution is -0.396. The number of nitrogens with zero attached hydrogens (tertiary/aromatic N) is 1. The van der Waals surface area contributed by atoms with E-state index in [9.17, 15) is 0 Å². The molecule has 0 amide bonds. The highest BCUT2D eigenvalue weighted by Crippen LogP contribution is 2.52. The summed E-state index contributed by atoms with van der Waals surface area (Å²) in [5.41, 5.74) is 1.59. The summed E-state index contributed by atoms with van der Waals surface area (Å²) in [5, 5.41) is 2.27. The number of epoxide rings is 1. The van der Waals surface area contributed by atoms with Crippen LogP contribution in [0.4, 0.5) is 0 Å². The van der Waals surface area contributed by atoms with Crippen molar-refractivity contribution in [2.75, 3.05) is 33.0 Å². The number of piperidine rings is 1. The minimum Gasteiger partial charge on any atom is -0.491 e. The third-order valence-electron chi connectivity index (χ3n) is 8.98. The Balaban J connectivity index is 1.22. The average molecular weight is 568 g/mol. The minimum absolute atomic E-state index is 0.111. The predicted molar refractivity (Wildman–Crippen MR) is 158 cm³/mol. The van der Waals surface area contributed by atoms with Crippen molar-refractivity contribution in [2.24, 2.45) is 5.41 Å². The Morgan fingerprint density at radius 1 is 0.927 bits per heavy atom. The van der Waals surface area contributed by atoms with Crippen molar-refractivity contribution < 1.29 is 28.5 Å². The fraction of sp³-hybridized carbons (Fsp3) is 0.647. The smallest absolute Gasteiger partial charge is 0.172 e. The highest BCUT2D eigenvalue weighted by Gasteiger charge is 2.59. The molecule has 3 heterocycles. The van der Waals surface area contributed by atoms with Crippen LogP contribution in [0.5, 0.6) is 5.75 Å². The number of hydroxylamine groups is 2. The van der Waals surface area contributed by atoms with Gasteiger partial charge in [0, 0.05) is 23.8 Å². The second-order valence-electron chi connectivity index (χ2n) is 13.3. The molecule has 3 fully saturated rings. The molecular formula is C34H49NO6. The highest BCUT2D eigenvalue weighted by atomic mass is 16.7. The first-order chi connectivity index (χ1) is 19.6. The van der Waals surface area contributed by atoms with Crippen molar-refractivity contribution in [3.05, 3.63) is 65.7 Å². The molecule has 0 aliphatic carbocycles. The van der Waals surface area contributed by atoms with Crippen LogP contribution in [0.15, 0.2) is 54.6 Å². The molecule has 2 aromatic carbocycles. The summed E-state index contributed by atoms with van der Waals surface area (Å²) in [6, 6.07) is 18.5. The SMILES string of the molecule is CCC1(CC)CC2(CC(C)(C)N1OC(C)c1ccc(OCC3CO3)cc1)OCC(C)(COCc1ccccc1)CO2. The zero-order chi connectivity index (χ0) is 29.1. The average Bonchev–Trinajstić information content (AvgIpc) is 3.81. The number of hydrogen-bond acceptors (Lipinski definition) is 7. The van der Waals surface area contributed by atoms with Gasteiger partial charge in [-0.2, -0.15) is 5.06 Å². The summed E-state index contributed by atoms with van der Waals surface area (Å²) in [7, 11) is 0. The summed E-state index contributed by atoms with van der Waals surface area (Å²) in [6.07, 6.45) is 3.49. The molecular weight excluding hydrogens is 518 g/mol. The molecule has 7 heteroatoms. The quantitative estimate of drug-likeness (QED) is 0.260. The van der Waals surface area contributed by atoms with E-state index in [0.717, 1.165) is 43.6 Å². The number of rotatable bonds is 12. The molecule has 0 N–H and O–H groups in total. The van der Waals surface area contributed by atoms with Crippen LogP contribution in [0.1, 0.15) is 84.5 Å². The van der Waals surface area contributed by atoms with Crippen LogP contribution < -0.4 is 4.74 Å². The molecule has 7 nitrogen and oxygen atoms in total. The van der Waals surface area contributed by atoms with Crippen molar-refractivity contribution in [3.63, 3.8) is 0 Å². The van der Waals surface area contributed by atoms with E-state index in [4.69, 9.17) is 28.5 Å². The molecule has 2 aromatic rings. The summed E-state index contributed by atoms with van der Waals surface area (Å²) < 4.78 is 30.6. The standard InChI is InChI=1S/C34H49NO6/c1-7-33(8-2)22-34(39-24-32(6,25-40-34)23-36-18-27-12-10-9-11-13-27)21-31(4,5)35(33)41-26(3)28-14-16-29(17-15-28)37-19-30-20-38-30/h9-17,26,30H,7-8,18-25H2,1-6H3. The van der Waals surface area contributed by atoms with Gasteiger partial charge in [0.25, 0.3) is 0 Å². The molecule has 0 radical (unpaired) electrons. The van der Waals surface area contributed by atoms with Crippen molar-refractivity contribution in [1.29, 1.82) is 0 Å². The van der Waals surface area contributed by atoms with Gasteiger partial charge in [0.05, 0.1) is 38.6 Å². The van der Waals surface area contributed by atoms with Gasteiger partial charge in [-0.15, -0.1) is 0 Å². The Hall–Kier alpha value is -2.00. The monoisotopic (exact) mass is 567 g/mol. The first kappa shape index (κ1) is 30.5. The molecule has 226 valence electrons. The van der Waals surface area contributed by atoms with E-state index in [1.54, 1.807) is 0 Å². The van der Waals surface area contributed by atoms with Crippen LogP contribution >= 0.6 is 0 Å². The first-order valence-electron chi connectivity index (χ1n) is 15.3. The largest absolute Gasteiger partial charge is 0.491 e. The maximum absolute atomic E-state index is 6.85. The van der Waals surface area contributed by atoms with Crippen LogP contribution in [0.25, 0.3) is 0 Å². The molecule has 0 saturated carbocycles. The van der Waals surface area contributed by atoms with Gasteiger partial charge in [-0.3, -0.25) is 4.84 Å². The Morgan fingerprint density at radius 2 is 1.59 bits per heavy atom. The van der Waals surface area contributed by atoms with E-state index in [1.165, 1.54) is 5.56 Å². The lowest BCUT2D eigenvalue weighted by Crippen LogP contribution is -2.69. The second-order valence-corrected chi connectivity index (χ2v) is 13.3. The fourth-order valence-electron chi connectivity index (χ4n) is 6.43. The van der Waals surface area contributed by atoms with E-state index < -0.39 is 5.79 Å². The highest BCUT2D eigenvalue weighted by molar-refractivity contribution is 5.28. The Kier molecular flexibility index (Phi) is 9.15. The third kappa shape index (κ3) is 7.15. The van der Waals surface area contributed by atoms with Gasteiger partial charge in [-0.1, -0.05) is 63.2 Å². The van der Waals surface area contributed by atoms with Gasteiger partial charge in [-0.25, -0.2) is 0 Å². The van der Waals surface area contributed by atoms with E-state index >= 15 is 0 Å². The van der Waals surface area contributed by atoms with E-state index in [1.807, 2.05) is 30.3 Å². The van der Waals surface area contributed by atoms with E-state index in [-0.39, 0.29) is 28.7 Å². The van der Waals surface area contributed by atoms with Gasteiger partial charge in [0.1, 0.15) is 24.6 Å². The van der Waals surface area contributed by atoms with Crippen LogP contribution in [0, 0.1) is 5.41 Å². The van der Waals surface area contributed by atoms with E-state index in [2.05, 4.69) is 70.9 Å². The topological polar surface area (TPSA) is 61.9 Å². The lowest BCUT2D eigenvalue weighted by Gasteiger charge is -2.61. The molecule has 2 atom stereocenters. The Labute approximate surface area is 246 Å². The van der Waals surface area contributed by atoms with Crippen LogP contribution in [-0.4, -0.2) is 61.1 Å². The zero-order valence-corrected chi connectivity index (χ0v) is 25.8. The van der Waals surface area contributed by atoms with Crippen molar-refractivity contribution in [2.45, 2.75) is 103 Å². The zero-order valence-electron chi connectivity index (χ0n) is 25.8. The first-order valence-corrected chi connectivity index (χ1v) is 15.3. The molecule has 0 aromatic heterocycles. The maximum atomic E-state index is 6.85. The number of ether oxygens (including phenoxy) is 5. The lowest BCUT2D eigenvalue weighted by atomic mass is 9.72. The molecule has 3 aliphatic rings. The van der Waals surface area contributed by atoms with Gasteiger partial charge < -0.3 is 23.7 Å². The van der Waals surface area contributed by atoms with Gasteiger partial charge in [0.15, 0.2) is 5.79 Å². The Morgan fingerprint density at radius 3 is 2.20 bits per heavy atom. The Bertz CT molecular complexity index is 1100. The number of benzene rings is 2. The van der Waals surface area contributed by atoms with Gasteiger partial charge >= 0.3 is 0 Å². The van der Waals surface area contributed by atoms with Gasteiger partial charge in [0.2, 0.25) is 0 Å². The molecule has 2 unspecified atom stereocenters. The summed E-state index contributed by atoms with van der Waals surface area (Å²) in [5.74, 6) is 0.221. The van der Waals surface area contributed by atoms with Crippen molar-refractivity contribution in [1.82, 2.24) is 5.06 Å². The molecule has 5 rings (SSSR count). The normalized spacial score (nSPS) is 29.8. The van der Waals surface area contributed by atoms with Crippen molar-refractivity contribution >= 4 is 0 Å².